The minimum absolute atomic E-state index is 0.145. The largest absolute Gasteiger partial charge is 0.459 e. The van der Waals surface area contributed by atoms with Crippen molar-refractivity contribution in [3.05, 3.63) is 42.5 Å². The van der Waals surface area contributed by atoms with E-state index in [2.05, 4.69) is 15.2 Å². The molecule has 0 aliphatic carbocycles. The maximum absolute atomic E-state index is 12.5. The zero-order chi connectivity index (χ0) is 19.3. The number of carbonyl (C=O) groups is 2. The van der Waals surface area contributed by atoms with Crippen LogP contribution in [0.3, 0.4) is 0 Å². The van der Waals surface area contributed by atoms with Crippen molar-refractivity contribution in [2.75, 3.05) is 62.7 Å². The van der Waals surface area contributed by atoms with Crippen LogP contribution in [-0.2, 0) is 4.74 Å². The summed E-state index contributed by atoms with van der Waals surface area (Å²) in [5.74, 6) is 1.06. The average Bonchev–Trinajstić information content (AvgIpc) is 3.29. The Kier molecular flexibility index (Phi) is 5.43. The van der Waals surface area contributed by atoms with E-state index >= 15 is 0 Å². The Morgan fingerprint density at radius 3 is 2.36 bits per heavy atom. The van der Waals surface area contributed by atoms with Gasteiger partial charge in [0.05, 0.1) is 31.4 Å². The molecule has 3 amide bonds. The molecular weight excluding hydrogens is 362 g/mol. The van der Waals surface area contributed by atoms with Gasteiger partial charge in [-0.1, -0.05) is 0 Å². The van der Waals surface area contributed by atoms with Gasteiger partial charge in [-0.3, -0.25) is 4.79 Å². The van der Waals surface area contributed by atoms with Crippen LogP contribution in [0.25, 0.3) is 0 Å². The zero-order valence-corrected chi connectivity index (χ0v) is 15.5. The Bertz CT molecular complexity index is 794. The van der Waals surface area contributed by atoms with Crippen LogP contribution in [0, 0.1) is 0 Å². The van der Waals surface area contributed by atoms with E-state index in [0.29, 0.717) is 50.8 Å². The Morgan fingerprint density at radius 2 is 1.71 bits per heavy atom. The van der Waals surface area contributed by atoms with E-state index in [-0.39, 0.29) is 11.9 Å². The first kappa shape index (κ1) is 18.3. The van der Waals surface area contributed by atoms with Crippen LogP contribution < -0.4 is 10.2 Å². The predicted molar refractivity (Wildman–Crippen MR) is 102 cm³/mol. The van der Waals surface area contributed by atoms with Crippen molar-refractivity contribution in [1.82, 2.24) is 14.8 Å². The number of hydrogen-bond acceptors (Lipinski definition) is 6. The number of urea groups is 1. The number of amides is 3. The predicted octanol–water partition coefficient (Wildman–Crippen LogP) is 1.50. The van der Waals surface area contributed by atoms with E-state index in [9.17, 15) is 9.59 Å². The maximum atomic E-state index is 12.5. The fourth-order valence-corrected chi connectivity index (χ4v) is 3.31. The van der Waals surface area contributed by atoms with Gasteiger partial charge in [0.1, 0.15) is 5.82 Å². The molecule has 0 radical (unpaired) electrons. The van der Waals surface area contributed by atoms with Crippen LogP contribution in [0.15, 0.2) is 41.1 Å². The Hall–Kier alpha value is -3.07. The summed E-state index contributed by atoms with van der Waals surface area (Å²) in [5, 5.41) is 2.87. The maximum Gasteiger partial charge on any atom is 0.322 e. The normalized spacial score (nSPS) is 17.5. The summed E-state index contributed by atoms with van der Waals surface area (Å²) in [6.45, 7) is 4.93. The van der Waals surface area contributed by atoms with Gasteiger partial charge >= 0.3 is 6.03 Å². The fourth-order valence-electron chi connectivity index (χ4n) is 3.31. The molecule has 0 aromatic carbocycles. The molecule has 2 saturated heterocycles. The van der Waals surface area contributed by atoms with E-state index < -0.39 is 0 Å². The molecule has 2 aromatic heterocycles. The molecule has 1 N–H and O–H groups in total. The molecule has 2 aliphatic heterocycles. The number of aromatic nitrogens is 1. The molecule has 9 heteroatoms. The van der Waals surface area contributed by atoms with Crippen molar-refractivity contribution < 1.29 is 18.7 Å². The molecule has 9 nitrogen and oxygen atoms in total. The molecule has 2 aliphatic rings. The quantitative estimate of drug-likeness (QED) is 0.861. The molecule has 4 rings (SSSR count). The van der Waals surface area contributed by atoms with E-state index in [1.807, 2.05) is 12.1 Å². The first-order valence-corrected chi connectivity index (χ1v) is 9.38. The third-order valence-electron chi connectivity index (χ3n) is 4.92. The number of nitrogens with one attached hydrogen (secondary N) is 1. The second-order valence-corrected chi connectivity index (χ2v) is 6.69. The number of anilines is 2. The highest BCUT2D eigenvalue weighted by molar-refractivity contribution is 5.92. The molecule has 28 heavy (non-hydrogen) atoms. The summed E-state index contributed by atoms with van der Waals surface area (Å²) in [6.07, 6.45) is 3.15. The lowest BCUT2D eigenvalue weighted by Gasteiger charge is -2.34. The summed E-state index contributed by atoms with van der Waals surface area (Å²) in [7, 11) is 0. The van der Waals surface area contributed by atoms with Crippen molar-refractivity contribution >= 4 is 23.4 Å². The second kappa shape index (κ2) is 8.30. The lowest BCUT2D eigenvalue weighted by molar-refractivity contribution is 0.0640. The highest BCUT2D eigenvalue weighted by Gasteiger charge is 2.26. The summed E-state index contributed by atoms with van der Waals surface area (Å²) in [6, 6.07) is 6.91. The molecule has 0 atom stereocenters. The zero-order valence-electron chi connectivity index (χ0n) is 15.5. The molecule has 0 saturated carbocycles. The lowest BCUT2D eigenvalue weighted by atomic mass is 10.3. The minimum atomic E-state index is -0.189. The number of morpholine rings is 1. The molecule has 148 valence electrons. The van der Waals surface area contributed by atoms with E-state index in [1.54, 1.807) is 28.1 Å². The summed E-state index contributed by atoms with van der Waals surface area (Å²) >= 11 is 0. The van der Waals surface area contributed by atoms with Gasteiger partial charge in [-0.15, -0.1) is 0 Å². The van der Waals surface area contributed by atoms with Crippen LogP contribution in [0.2, 0.25) is 0 Å². The lowest BCUT2D eigenvalue weighted by Crippen LogP contribution is -2.51. The number of ether oxygens (including phenoxy) is 1. The standard InChI is InChI=1S/C19H23N5O4/c25-18(16-2-1-11-28-16)23-5-7-24(8-6-23)19(26)21-15-3-4-17(20-14-15)22-9-12-27-13-10-22/h1-4,11,14H,5-10,12-13H2,(H,21,26). The average molecular weight is 385 g/mol. The summed E-state index contributed by atoms with van der Waals surface area (Å²) < 4.78 is 10.5. The molecule has 0 bridgehead atoms. The number of furan rings is 1. The van der Waals surface area contributed by atoms with Crippen LogP contribution in [0.4, 0.5) is 16.3 Å². The topological polar surface area (TPSA) is 91.2 Å². The number of piperazine rings is 1. The number of rotatable bonds is 3. The SMILES string of the molecule is O=C(Nc1ccc(N2CCOCC2)nc1)N1CCN(C(=O)c2ccco2)CC1. The highest BCUT2D eigenvalue weighted by atomic mass is 16.5. The Balaban J connectivity index is 1.28. The van der Waals surface area contributed by atoms with Crippen LogP contribution in [0.5, 0.6) is 0 Å². The number of hydrogen-bond donors (Lipinski definition) is 1. The monoisotopic (exact) mass is 385 g/mol. The van der Waals surface area contributed by atoms with Crippen LogP contribution >= 0.6 is 0 Å². The van der Waals surface area contributed by atoms with Crippen molar-refractivity contribution in [3.63, 3.8) is 0 Å². The Labute approximate surface area is 162 Å². The second-order valence-electron chi connectivity index (χ2n) is 6.69. The van der Waals surface area contributed by atoms with Crippen molar-refractivity contribution in [2.24, 2.45) is 0 Å². The highest BCUT2D eigenvalue weighted by Crippen LogP contribution is 2.16. The van der Waals surface area contributed by atoms with Gasteiger partial charge in [0.25, 0.3) is 5.91 Å². The first-order chi connectivity index (χ1) is 13.7. The van der Waals surface area contributed by atoms with Crippen molar-refractivity contribution in [1.29, 1.82) is 0 Å². The van der Waals surface area contributed by atoms with Gasteiger partial charge in [0.15, 0.2) is 5.76 Å². The van der Waals surface area contributed by atoms with Gasteiger partial charge in [-0.2, -0.15) is 0 Å². The summed E-state index contributed by atoms with van der Waals surface area (Å²) in [4.78, 5) is 34.8. The third kappa shape index (κ3) is 4.09. The van der Waals surface area contributed by atoms with Crippen molar-refractivity contribution in [2.45, 2.75) is 0 Å². The molecule has 0 unspecified atom stereocenters. The van der Waals surface area contributed by atoms with Gasteiger partial charge in [-0.05, 0) is 24.3 Å². The fraction of sp³-hybridized carbons (Fsp3) is 0.421. The van der Waals surface area contributed by atoms with E-state index in [1.165, 1.54) is 6.26 Å². The van der Waals surface area contributed by atoms with Gasteiger partial charge in [-0.25, -0.2) is 9.78 Å². The minimum Gasteiger partial charge on any atom is -0.459 e. The first-order valence-electron chi connectivity index (χ1n) is 9.38. The van der Waals surface area contributed by atoms with Crippen LogP contribution in [0.1, 0.15) is 10.6 Å². The molecule has 4 heterocycles. The third-order valence-corrected chi connectivity index (χ3v) is 4.92. The van der Waals surface area contributed by atoms with Crippen LogP contribution in [-0.4, -0.2) is 79.2 Å². The summed E-state index contributed by atoms with van der Waals surface area (Å²) in [5.41, 5.74) is 0.649. The van der Waals surface area contributed by atoms with Gasteiger partial charge < -0.3 is 29.2 Å². The van der Waals surface area contributed by atoms with Gasteiger partial charge in [0.2, 0.25) is 0 Å². The molecule has 2 aromatic rings. The molecule has 2 fully saturated rings. The smallest absolute Gasteiger partial charge is 0.322 e. The van der Waals surface area contributed by atoms with Gasteiger partial charge in [0, 0.05) is 39.3 Å². The van der Waals surface area contributed by atoms with E-state index in [0.717, 1.165) is 18.9 Å². The Morgan fingerprint density at radius 1 is 0.964 bits per heavy atom. The number of carbonyl (C=O) groups excluding carboxylic acids is 2. The molecule has 0 spiro atoms. The number of pyridine rings is 1. The van der Waals surface area contributed by atoms with E-state index in [4.69, 9.17) is 9.15 Å². The van der Waals surface area contributed by atoms with Crippen molar-refractivity contribution in [3.8, 4) is 0 Å². The number of nitrogens with zero attached hydrogens (tertiary/aromatic N) is 4. The molecular formula is C19H23N5O4.